The lowest BCUT2D eigenvalue weighted by molar-refractivity contribution is 1.02. The van der Waals surface area contributed by atoms with Gasteiger partial charge in [0.15, 0.2) is 0 Å². The van der Waals surface area contributed by atoms with Crippen LogP contribution < -0.4 is 0 Å². The van der Waals surface area contributed by atoms with E-state index in [2.05, 4.69) is 41.8 Å². The van der Waals surface area contributed by atoms with Crippen molar-refractivity contribution in [1.82, 2.24) is 0 Å². The van der Waals surface area contributed by atoms with Gasteiger partial charge in [-0.2, -0.15) is 12.6 Å². The van der Waals surface area contributed by atoms with Crippen LogP contribution >= 0.6 is 35.2 Å². The van der Waals surface area contributed by atoms with Crippen molar-refractivity contribution in [2.75, 3.05) is 4.43 Å². The van der Waals surface area contributed by atoms with Crippen molar-refractivity contribution in [2.24, 2.45) is 0 Å². The van der Waals surface area contributed by atoms with Gasteiger partial charge >= 0.3 is 0 Å². The zero-order valence-electron chi connectivity index (χ0n) is 4.10. The molecule has 0 fully saturated rings. The van der Waals surface area contributed by atoms with Crippen molar-refractivity contribution in [1.29, 1.82) is 0 Å². The third-order valence-corrected chi connectivity index (χ3v) is 1.77. The second-order valence-corrected chi connectivity index (χ2v) is 3.02. The maximum absolute atomic E-state index is 4.19. The summed E-state index contributed by atoms with van der Waals surface area (Å²) >= 11 is 6.52. The highest BCUT2D eigenvalue weighted by atomic mass is 127. The molecule has 0 aromatic carbocycles. The first kappa shape index (κ1) is 7.82. The lowest BCUT2D eigenvalue weighted by atomic mass is 10.3. The molecule has 0 rings (SSSR count). The molecule has 0 heterocycles. The number of rotatable bonds is 3. The van der Waals surface area contributed by atoms with E-state index in [-0.39, 0.29) is 0 Å². The van der Waals surface area contributed by atoms with E-state index in [1.165, 1.54) is 0 Å². The molecular formula is C5H9IS. The van der Waals surface area contributed by atoms with Gasteiger partial charge in [0.2, 0.25) is 0 Å². The number of hydrogen-bond donors (Lipinski definition) is 1. The summed E-state index contributed by atoms with van der Waals surface area (Å²) in [5.41, 5.74) is 0. The van der Waals surface area contributed by atoms with Gasteiger partial charge in [-0.1, -0.05) is 28.7 Å². The molecule has 0 aliphatic rings. The van der Waals surface area contributed by atoms with Gasteiger partial charge in [0, 0.05) is 9.68 Å². The molecule has 0 spiro atoms. The highest BCUT2D eigenvalue weighted by molar-refractivity contribution is 14.1. The summed E-state index contributed by atoms with van der Waals surface area (Å²) in [5.74, 6) is 0. The van der Waals surface area contributed by atoms with E-state index in [1.54, 1.807) is 0 Å². The van der Waals surface area contributed by atoms with Gasteiger partial charge in [0.25, 0.3) is 0 Å². The fourth-order valence-corrected chi connectivity index (χ4v) is 1.52. The zero-order chi connectivity index (χ0) is 5.70. The van der Waals surface area contributed by atoms with Gasteiger partial charge in [-0.3, -0.25) is 0 Å². The van der Waals surface area contributed by atoms with Crippen LogP contribution in [0.1, 0.15) is 6.42 Å². The molecule has 1 atom stereocenters. The average molecular weight is 228 g/mol. The number of alkyl halides is 1. The van der Waals surface area contributed by atoms with Crippen LogP contribution in [-0.4, -0.2) is 9.68 Å². The third-order valence-electron chi connectivity index (χ3n) is 0.677. The smallest absolute Gasteiger partial charge is 0.0201 e. The number of hydrogen-bond acceptors (Lipinski definition) is 1. The summed E-state index contributed by atoms with van der Waals surface area (Å²) in [4.78, 5) is 0. The van der Waals surface area contributed by atoms with Crippen LogP contribution in [0, 0.1) is 0 Å². The maximum atomic E-state index is 4.19. The highest BCUT2D eigenvalue weighted by Gasteiger charge is 1.90. The Morgan fingerprint density at radius 1 is 1.86 bits per heavy atom. The second-order valence-electron chi connectivity index (χ2n) is 1.28. The highest BCUT2D eigenvalue weighted by Crippen LogP contribution is 2.03. The van der Waals surface area contributed by atoms with Crippen LogP contribution in [-0.2, 0) is 0 Å². The second kappa shape index (κ2) is 4.97. The minimum atomic E-state index is 0.400. The SMILES string of the molecule is C=CC(S)CCI. The molecule has 0 aromatic rings. The zero-order valence-corrected chi connectivity index (χ0v) is 7.15. The molecule has 0 saturated heterocycles. The first-order valence-electron chi connectivity index (χ1n) is 2.18. The molecule has 0 nitrogen and oxygen atoms in total. The molecule has 0 radical (unpaired) electrons. The van der Waals surface area contributed by atoms with Gasteiger partial charge in [0.05, 0.1) is 0 Å². The van der Waals surface area contributed by atoms with E-state index in [4.69, 9.17) is 0 Å². The summed E-state index contributed by atoms with van der Waals surface area (Å²) < 4.78 is 1.16. The minimum Gasteiger partial charge on any atom is -0.172 e. The van der Waals surface area contributed by atoms with Gasteiger partial charge in [-0.15, -0.1) is 6.58 Å². The van der Waals surface area contributed by atoms with Crippen LogP contribution in [0.5, 0.6) is 0 Å². The van der Waals surface area contributed by atoms with E-state index in [0.717, 1.165) is 10.8 Å². The van der Waals surface area contributed by atoms with E-state index in [9.17, 15) is 0 Å². The topological polar surface area (TPSA) is 0 Å². The molecule has 0 N–H and O–H groups in total. The molecular weight excluding hydrogens is 219 g/mol. The molecule has 2 heteroatoms. The van der Waals surface area contributed by atoms with Crippen molar-refractivity contribution in [3.05, 3.63) is 12.7 Å². The third kappa shape index (κ3) is 4.68. The standard InChI is InChI=1S/C5H9IS/c1-2-5(7)3-4-6/h2,5,7H,1,3-4H2. The first-order chi connectivity index (χ1) is 3.31. The quantitative estimate of drug-likeness (QED) is 0.326. The fraction of sp³-hybridized carbons (Fsp3) is 0.600. The molecule has 7 heavy (non-hydrogen) atoms. The Morgan fingerprint density at radius 2 is 2.43 bits per heavy atom. The van der Waals surface area contributed by atoms with E-state index in [1.807, 2.05) is 6.08 Å². The molecule has 0 aliphatic carbocycles. The molecule has 1 unspecified atom stereocenters. The van der Waals surface area contributed by atoms with Crippen molar-refractivity contribution in [2.45, 2.75) is 11.7 Å². The lowest BCUT2D eigenvalue weighted by Crippen LogP contribution is -1.91. The van der Waals surface area contributed by atoms with Crippen LogP contribution in [0.4, 0.5) is 0 Å². The van der Waals surface area contributed by atoms with E-state index >= 15 is 0 Å². The minimum absolute atomic E-state index is 0.400. The van der Waals surface area contributed by atoms with Crippen LogP contribution in [0.25, 0.3) is 0 Å². The summed E-state index contributed by atoms with van der Waals surface area (Å²) in [5, 5.41) is 0.400. The summed E-state index contributed by atoms with van der Waals surface area (Å²) in [6, 6.07) is 0. The van der Waals surface area contributed by atoms with Gasteiger partial charge in [-0.05, 0) is 6.42 Å². The molecule has 42 valence electrons. The molecule has 0 amide bonds. The maximum Gasteiger partial charge on any atom is 0.0201 e. The summed E-state index contributed by atoms with van der Waals surface area (Å²) in [7, 11) is 0. The monoisotopic (exact) mass is 228 g/mol. The first-order valence-corrected chi connectivity index (χ1v) is 4.22. The van der Waals surface area contributed by atoms with E-state index in [0.29, 0.717) is 5.25 Å². The summed E-state index contributed by atoms with van der Waals surface area (Å²) in [6.45, 7) is 3.60. The fourth-order valence-electron chi connectivity index (χ4n) is 0.230. The Balaban J connectivity index is 2.98. The van der Waals surface area contributed by atoms with Crippen LogP contribution in [0.15, 0.2) is 12.7 Å². The van der Waals surface area contributed by atoms with Gasteiger partial charge in [-0.25, -0.2) is 0 Å². The van der Waals surface area contributed by atoms with E-state index < -0.39 is 0 Å². The van der Waals surface area contributed by atoms with Gasteiger partial charge < -0.3 is 0 Å². The summed E-state index contributed by atoms with van der Waals surface area (Å²) in [6.07, 6.45) is 2.99. The Bertz CT molecular complexity index is 54.0. The Hall–Kier alpha value is 0.820. The van der Waals surface area contributed by atoms with Gasteiger partial charge in [0.1, 0.15) is 0 Å². The predicted octanol–water partition coefficient (Wildman–Crippen LogP) is 2.30. The molecule has 0 bridgehead atoms. The number of halogens is 1. The van der Waals surface area contributed by atoms with Crippen molar-refractivity contribution < 1.29 is 0 Å². The molecule has 0 aromatic heterocycles. The Morgan fingerprint density at radius 3 is 2.57 bits per heavy atom. The normalized spacial score (nSPS) is 13.4. The Labute approximate surface area is 63.9 Å². The average Bonchev–Trinajstić information content (AvgIpc) is 1.68. The molecule has 0 saturated carbocycles. The van der Waals surface area contributed by atoms with Crippen LogP contribution in [0.2, 0.25) is 0 Å². The van der Waals surface area contributed by atoms with Crippen molar-refractivity contribution in [3.63, 3.8) is 0 Å². The predicted molar refractivity (Wildman–Crippen MR) is 46.5 cm³/mol. The lowest BCUT2D eigenvalue weighted by Gasteiger charge is -1.96. The largest absolute Gasteiger partial charge is 0.172 e. The van der Waals surface area contributed by atoms with Crippen LogP contribution in [0.3, 0.4) is 0 Å². The van der Waals surface area contributed by atoms with Crippen molar-refractivity contribution >= 4 is 35.2 Å². The van der Waals surface area contributed by atoms with Crippen molar-refractivity contribution in [3.8, 4) is 0 Å². The molecule has 0 aliphatic heterocycles. The number of thiol groups is 1. The Kier molecular flexibility index (Phi) is 5.55.